The Kier molecular flexibility index (Phi) is 4.83. The van der Waals surface area contributed by atoms with Crippen LogP contribution in [0.15, 0.2) is 12.3 Å². The molecule has 7 heteroatoms. The number of amides is 2. The van der Waals surface area contributed by atoms with Crippen molar-refractivity contribution in [1.29, 1.82) is 0 Å². The highest BCUT2D eigenvalue weighted by molar-refractivity contribution is 6.32. The van der Waals surface area contributed by atoms with Gasteiger partial charge in [-0.25, -0.2) is 9.37 Å². The molecule has 5 nitrogen and oxygen atoms in total. The molecule has 0 saturated heterocycles. The monoisotopic (exact) mass is 287 g/mol. The third kappa shape index (κ3) is 5.21. The van der Waals surface area contributed by atoms with Gasteiger partial charge in [-0.15, -0.1) is 0 Å². The Bertz CT molecular complexity index is 500. The van der Waals surface area contributed by atoms with E-state index in [4.69, 9.17) is 11.6 Å². The van der Waals surface area contributed by atoms with Gasteiger partial charge in [-0.3, -0.25) is 9.59 Å². The minimum atomic E-state index is -0.673. The Hall–Kier alpha value is -1.69. The number of rotatable bonds is 3. The second-order valence-electron chi connectivity index (χ2n) is 4.97. The van der Waals surface area contributed by atoms with Crippen molar-refractivity contribution in [3.8, 4) is 0 Å². The lowest BCUT2D eigenvalue weighted by Crippen LogP contribution is -2.45. The summed E-state index contributed by atoms with van der Waals surface area (Å²) in [6.07, 6.45) is 0.908. The second kappa shape index (κ2) is 5.97. The van der Waals surface area contributed by atoms with Crippen molar-refractivity contribution in [2.24, 2.45) is 0 Å². The molecular formula is C12H15ClFN3O2. The maximum Gasteiger partial charge on any atom is 0.254 e. The molecule has 1 rings (SSSR count). The van der Waals surface area contributed by atoms with Crippen LogP contribution in [-0.4, -0.2) is 28.9 Å². The lowest BCUT2D eigenvalue weighted by molar-refractivity contribution is -0.121. The third-order valence-electron chi connectivity index (χ3n) is 1.97. The van der Waals surface area contributed by atoms with Crippen molar-refractivity contribution < 1.29 is 14.0 Å². The van der Waals surface area contributed by atoms with Gasteiger partial charge in [-0.2, -0.15) is 0 Å². The topological polar surface area (TPSA) is 71.1 Å². The molecule has 1 heterocycles. The SMILES string of the molecule is CC(C)(C)NC(=O)CNC(=O)c1cc(F)cnc1Cl. The molecule has 0 radical (unpaired) electrons. The molecule has 19 heavy (non-hydrogen) atoms. The summed E-state index contributed by atoms with van der Waals surface area (Å²) in [4.78, 5) is 26.7. The minimum Gasteiger partial charge on any atom is -0.350 e. The summed E-state index contributed by atoms with van der Waals surface area (Å²) in [7, 11) is 0. The van der Waals surface area contributed by atoms with E-state index in [1.54, 1.807) is 0 Å². The van der Waals surface area contributed by atoms with Crippen molar-refractivity contribution in [3.05, 3.63) is 28.8 Å². The summed E-state index contributed by atoms with van der Waals surface area (Å²) >= 11 is 5.67. The summed E-state index contributed by atoms with van der Waals surface area (Å²) in [6, 6.07) is 0.965. The van der Waals surface area contributed by atoms with Gasteiger partial charge in [0.05, 0.1) is 18.3 Å². The van der Waals surface area contributed by atoms with E-state index in [1.807, 2.05) is 20.8 Å². The quantitative estimate of drug-likeness (QED) is 0.828. The van der Waals surface area contributed by atoms with E-state index in [1.165, 1.54) is 0 Å². The van der Waals surface area contributed by atoms with Gasteiger partial charge < -0.3 is 10.6 Å². The lowest BCUT2D eigenvalue weighted by Gasteiger charge is -2.20. The van der Waals surface area contributed by atoms with Crippen LogP contribution >= 0.6 is 11.6 Å². The van der Waals surface area contributed by atoms with Gasteiger partial charge in [0.2, 0.25) is 5.91 Å². The lowest BCUT2D eigenvalue weighted by atomic mass is 10.1. The average molecular weight is 288 g/mol. The molecule has 0 aromatic carbocycles. The maximum absolute atomic E-state index is 12.9. The fourth-order valence-corrected chi connectivity index (χ4v) is 1.49. The van der Waals surface area contributed by atoms with Crippen LogP contribution in [0, 0.1) is 5.82 Å². The fourth-order valence-electron chi connectivity index (χ4n) is 1.30. The molecule has 104 valence electrons. The number of nitrogens with one attached hydrogen (secondary N) is 2. The van der Waals surface area contributed by atoms with Crippen LogP contribution < -0.4 is 10.6 Å². The predicted molar refractivity (Wildman–Crippen MR) is 69.4 cm³/mol. The zero-order chi connectivity index (χ0) is 14.6. The van der Waals surface area contributed by atoms with Crippen molar-refractivity contribution in [2.75, 3.05) is 6.54 Å². The average Bonchev–Trinajstić information content (AvgIpc) is 2.27. The van der Waals surface area contributed by atoms with Crippen LogP contribution in [0.25, 0.3) is 0 Å². The molecule has 0 spiro atoms. The summed E-state index contributed by atoms with van der Waals surface area (Å²) in [5, 5.41) is 4.91. The zero-order valence-corrected chi connectivity index (χ0v) is 11.6. The number of pyridine rings is 1. The molecule has 1 aromatic rings. The van der Waals surface area contributed by atoms with Gasteiger partial charge in [0.1, 0.15) is 11.0 Å². The van der Waals surface area contributed by atoms with E-state index in [0.29, 0.717) is 0 Å². The van der Waals surface area contributed by atoms with E-state index < -0.39 is 11.7 Å². The molecule has 0 unspecified atom stereocenters. The first-order valence-corrected chi connectivity index (χ1v) is 5.97. The highest BCUT2D eigenvalue weighted by atomic mass is 35.5. The Labute approximate surface area is 115 Å². The van der Waals surface area contributed by atoms with E-state index >= 15 is 0 Å². The van der Waals surface area contributed by atoms with Gasteiger partial charge in [0.15, 0.2) is 0 Å². The Morgan fingerprint density at radius 3 is 2.63 bits per heavy atom. The molecule has 0 bridgehead atoms. The Morgan fingerprint density at radius 2 is 2.05 bits per heavy atom. The van der Waals surface area contributed by atoms with Crippen LogP contribution in [0.1, 0.15) is 31.1 Å². The largest absolute Gasteiger partial charge is 0.350 e. The highest BCUT2D eigenvalue weighted by Crippen LogP contribution is 2.13. The number of carbonyl (C=O) groups is 2. The van der Waals surface area contributed by atoms with Crippen molar-refractivity contribution in [1.82, 2.24) is 15.6 Å². The number of carbonyl (C=O) groups excluding carboxylic acids is 2. The standard InChI is InChI=1S/C12H15ClFN3O2/c1-12(2,3)17-9(18)6-16-11(19)8-4-7(14)5-15-10(8)13/h4-5H,6H2,1-3H3,(H,16,19)(H,17,18). The molecule has 0 aliphatic rings. The maximum atomic E-state index is 12.9. The molecule has 0 aliphatic heterocycles. The van der Waals surface area contributed by atoms with E-state index in [9.17, 15) is 14.0 Å². The first kappa shape index (κ1) is 15.4. The molecule has 2 amide bonds. The van der Waals surface area contributed by atoms with Crippen LogP contribution in [0.5, 0.6) is 0 Å². The summed E-state index contributed by atoms with van der Waals surface area (Å²) in [6.45, 7) is 5.24. The summed E-state index contributed by atoms with van der Waals surface area (Å²) in [5.41, 5.74) is -0.495. The van der Waals surface area contributed by atoms with Gasteiger partial charge in [-0.05, 0) is 26.8 Å². The van der Waals surface area contributed by atoms with Crippen LogP contribution in [0.3, 0.4) is 0 Å². The predicted octanol–water partition coefficient (Wildman–Crippen LogP) is 1.52. The van der Waals surface area contributed by atoms with E-state index in [-0.39, 0.29) is 28.7 Å². The number of aromatic nitrogens is 1. The Morgan fingerprint density at radius 1 is 1.42 bits per heavy atom. The molecule has 0 saturated carbocycles. The van der Waals surface area contributed by atoms with Crippen LogP contribution in [-0.2, 0) is 4.79 Å². The van der Waals surface area contributed by atoms with Gasteiger partial charge in [0.25, 0.3) is 5.91 Å². The summed E-state index contributed by atoms with van der Waals surface area (Å²) < 4.78 is 12.9. The van der Waals surface area contributed by atoms with Gasteiger partial charge >= 0.3 is 0 Å². The number of halogens is 2. The summed E-state index contributed by atoms with van der Waals surface area (Å²) in [5.74, 6) is -1.67. The first-order valence-electron chi connectivity index (χ1n) is 5.59. The molecular weight excluding hydrogens is 273 g/mol. The van der Waals surface area contributed by atoms with E-state index in [2.05, 4.69) is 15.6 Å². The fraction of sp³-hybridized carbons (Fsp3) is 0.417. The minimum absolute atomic E-state index is 0.106. The molecule has 2 N–H and O–H groups in total. The van der Waals surface area contributed by atoms with Crippen LogP contribution in [0.2, 0.25) is 5.15 Å². The van der Waals surface area contributed by atoms with Crippen molar-refractivity contribution in [3.63, 3.8) is 0 Å². The smallest absolute Gasteiger partial charge is 0.254 e. The van der Waals surface area contributed by atoms with E-state index in [0.717, 1.165) is 12.3 Å². The van der Waals surface area contributed by atoms with Crippen molar-refractivity contribution in [2.45, 2.75) is 26.3 Å². The molecule has 0 atom stereocenters. The normalized spacial score (nSPS) is 11.0. The molecule has 0 fully saturated rings. The number of hydrogen-bond acceptors (Lipinski definition) is 3. The third-order valence-corrected chi connectivity index (χ3v) is 2.28. The number of hydrogen-bond donors (Lipinski definition) is 2. The molecule has 0 aliphatic carbocycles. The zero-order valence-electron chi connectivity index (χ0n) is 10.9. The second-order valence-corrected chi connectivity index (χ2v) is 5.33. The van der Waals surface area contributed by atoms with Crippen LogP contribution in [0.4, 0.5) is 4.39 Å². The van der Waals surface area contributed by atoms with Gasteiger partial charge in [0, 0.05) is 5.54 Å². The highest BCUT2D eigenvalue weighted by Gasteiger charge is 2.16. The Balaban J connectivity index is 2.61. The van der Waals surface area contributed by atoms with Gasteiger partial charge in [-0.1, -0.05) is 11.6 Å². The number of nitrogens with zero attached hydrogens (tertiary/aromatic N) is 1. The van der Waals surface area contributed by atoms with Crippen molar-refractivity contribution >= 4 is 23.4 Å². The molecule has 1 aromatic heterocycles. The first-order chi connectivity index (χ1) is 8.69.